The predicted octanol–water partition coefficient (Wildman–Crippen LogP) is 3.74. The molecule has 0 radical (unpaired) electrons. The standard InChI is InChI=1S/C23H22O8/c1-3-28-22(25)17-13-15-10-11-16(14-20(15)31-23(17)26)30-21(24)9-6-12-29-19-8-5-4-7-18(19)27-2/h4-5,7-8,10-11,13-14H,3,6,9,12H2,1-2H3. The number of hydrogen-bond acceptors (Lipinski definition) is 8. The van der Waals surface area contributed by atoms with Crippen LogP contribution >= 0.6 is 0 Å². The summed E-state index contributed by atoms with van der Waals surface area (Å²) < 4.78 is 26.1. The van der Waals surface area contributed by atoms with Gasteiger partial charge >= 0.3 is 17.6 Å². The van der Waals surface area contributed by atoms with E-state index in [1.165, 1.54) is 12.1 Å². The van der Waals surface area contributed by atoms with Crippen LogP contribution in [-0.4, -0.2) is 32.3 Å². The molecule has 0 saturated carbocycles. The molecule has 1 heterocycles. The number of ether oxygens (including phenoxy) is 4. The zero-order valence-corrected chi connectivity index (χ0v) is 17.2. The lowest BCUT2D eigenvalue weighted by Crippen LogP contribution is -2.16. The zero-order chi connectivity index (χ0) is 22.2. The summed E-state index contributed by atoms with van der Waals surface area (Å²) in [5.74, 6) is 0.256. The van der Waals surface area contributed by atoms with Gasteiger partial charge in [0.05, 0.1) is 20.3 Å². The van der Waals surface area contributed by atoms with Gasteiger partial charge in [-0.25, -0.2) is 9.59 Å². The van der Waals surface area contributed by atoms with E-state index >= 15 is 0 Å². The third-order valence-electron chi connectivity index (χ3n) is 4.29. The average molecular weight is 426 g/mol. The molecule has 0 N–H and O–H groups in total. The van der Waals surface area contributed by atoms with E-state index in [0.29, 0.717) is 29.9 Å². The molecule has 162 valence electrons. The number of methoxy groups -OCH3 is 1. The van der Waals surface area contributed by atoms with E-state index in [1.807, 2.05) is 12.1 Å². The smallest absolute Gasteiger partial charge is 0.351 e. The predicted molar refractivity (Wildman–Crippen MR) is 112 cm³/mol. The number of rotatable bonds is 9. The van der Waals surface area contributed by atoms with Gasteiger partial charge in [-0.05, 0) is 43.7 Å². The van der Waals surface area contributed by atoms with Gasteiger partial charge in [0.2, 0.25) is 0 Å². The first-order valence-corrected chi connectivity index (χ1v) is 9.73. The molecule has 0 bridgehead atoms. The first-order chi connectivity index (χ1) is 15.0. The van der Waals surface area contributed by atoms with Crippen molar-refractivity contribution in [3.05, 3.63) is 64.5 Å². The monoisotopic (exact) mass is 426 g/mol. The van der Waals surface area contributed by atoms with E-state index in [1.54, 1.807) is 38.3 Å². The van der Waals surface area contributed by atoms with E-state index in [9.17, 15) is 14.4 Å². The Morgan fingerprint density at radius 3 is 2.55 bits per heavy atom. The lowest BCUT2D eigenvalue weighted by Gasteiger charge is -2.10. The van der Waals surface area contributed by atoms with Crippen LogP contribution in [-0.2, 0) is 9.53 Å². The Hall–Kier alpha value is -3.81. The van der Waals surface area contributed by atoms with Crippen molar-refractivity contribution in [2.75, 3.05) is 20.3 Å². The van der Waals surface area contributed by atoms with Crippen LogP contribution in [0.4, 0.5) is 0 Å². The fraction of sp³-hybridized carbons (Fsp3) is 0.261. The maximum atomic E-state index is 12.1. The highest BCUT2D eigenvalue weighted by Gasteiger charge is 2.15. The Morgan fingerprint density at radius 1 is 1.03 bits per heavy atom. The minimum atomic E-state index is -0.817. The summed E-state index contributed by atoms with van der Waals surface area (Å²) in [6.45, 7) is 2.11. The van der Waals surface area contributed by atoms with Gasteiger partial charge in [0.1, 0.15) is 16.9 Å². The normalized spacial score (nSPS) is 10.5. The lowest BCUT2D eigenvalue weighted by molar-refractivity contribution is -0.134. The zero-order valence-electron chi connectivity index (χ0n) is 17.2. The van der Waals surface area contributed by atoms with Gasteiger partial charge in [-0.1, -0.05) is 12.1 Å². The number of carbonyl (C=O) groups excluding carboxylic acids is 2. The van der Waals surface area contributed by atoms with Gasteiger partial charge in [0.15, 0.2) is 11.5 Å². The number of fused-ring (bicyclic) bond motifs is 1. The quantitative estimate of drug-likeness (QED) is 0.221. The Bertz CT molecular complexity index is 1130. The van der Waals surface area contributed by atoms with E-state index in [-0.39, 0.29) is 29.9 Å². The summed E-state index contributed by atoms with van der Waals surface area (Å²) in [6, 6.07) is 13.2. The van der Waals surface area contributed by atoms with Crippen molar-refractivity contribution in [1.29, 1.82) is 0 Å². The molecule has 3 aromatic rings. The van der Waals surface area contributed by atoms with Crippen LogP contribution in [0.2, 0.25) is 0 Å². The largest absolute Gasteiger partial charge is 0.493 e. The van der Waals surface area contributed by atoms with Gasteiger partial charge in [-0.2, -0.15) is 0 Å². The summed E-state index contributed by atoms with van der Waals surface area (Å²) in [5, 5.41) is 0.507. The van der Waals surface area contributed by atoms with Crippen molar-refractivity contribution >= 4 is 22.9 Å². The first-order valence-electron chi connectivity index (χ1n) is 9.73. The van der Waals surface area contributed by atoms with Crippen molar-refractivity contribution in [2.24, 2.45) is 0 Å². The second-order valence-electron chi connectivity index (χ2n) is 6.44. The molecule has 0 unspecified atom stereocenters. The Kier molecular flexibility index (Phi) is 7.26. The lowest BCUT2D eigenvalue weighted by atomic mass is 10.2. The Balaban J connectivity index is 1.57. The van der Waals surface area contributed by atoms with Crippen molar-refractivity contribution in [2.45, 2.75) is 19.8 Å². The van der Waals surface area contributed by atoms with Crippen molar-refractivity contribution < 1.29 is 33.0 Å². The second kappa shape index (κ2) is 10.3. The summed E-state index contributed by atoms with van der Waals surface area (Å²) >= 11 is 0. The maximum Gasteiger partial charge on any atom is 0.351 e. The van der Waals surface area contributed by atoms with Crippen LogP contribution in [0, 0.1) is 0 Å². The summed E-state index contributed by atoms with van der Waals surface area (Å²) in [7, 11) is 1.56. The minimum Gasteiger partial charge on any atom is -0.493 e. The average Bonchev–Trinajstić information content (AvgIpc) is 2.76. The Labute approximate surface area is 178 Å². The molecule has 31 heavy (non-hydrogen) atoms. The minimum absolute atomic E-state index is 0.138. The van der Waals surface area contributed by atoms with Crippen molar-refractivity contribution in [3.63, 3.8) is 0 Å². The van der Waals surface area contributed by atoms with E-state index in [2.05, 4.69) is 0 Å². The van der Waals surface area contributed by atoms with Crippen LogP contribution in [0.3, 0.4) is 0 Å². The third-order valence-corrected chi connectivity index (χ3v) is 4.29. The molecule has 0 amide bonds. The van der Waals surface area contributed by atoms with Crippen LogP contribution in [0.5, 0.6) is 17.2 Å². The molecule has 0 spiro atoms. The fourth-order valence-corrected chi connectivity index (χ4v) is 2.83. The molecule has 1 aromatic heterocycles. The van der Waals surface area contributed by atoms with Gasteiger partial charge in [-0.3, -0.25) is 4.79 Å². The number of carbonyl (C=O) groups is 2. The second-order valence-corrected chi connectivity index (χ2v) is 6.44. The molecular weight excluding hydrogens is 404 g/mol. The van der Waals surface area contributed by atoms with E-state index < -0.39 is 17.6 Å². The van der Waals surface area contributed by atoms with Gasteiger partial charge in [0, 0.05) is 17.9 Å². The fourth-order valence-electron chi connectivity index (χ4n) is 2.83. The summed E-state index contributed by atoms with van der Waals surface area (Å²) in [6.07, 6.45) is 0.585. The molecule has 0 fully saturated rings. The number of para-hydroxylation sites is 2. The molecule has 0 aliphatic carbocycles. The summed E-state index contributed by atoms with van der Waals surface area (Å²) in [5.41, 5.74) is -0.806. The molecule has 8 nitrogen and oxygen atoms in total. The first kappa shape index (κ1) is 21.9. The van der Waals surface area contributed by atoms with Crippen LogP contribution < -0.4 is 19.8 Å². The highest BCUT2D eigenvalue weighted by Crippen LogP contribution is 2.26. The van der Waals surface area contributed by atoms with E-state index in [0.717, 1.165) is 0 Å². The highest BCUT2D eigenvalue weighted by molar-refractivity contribution is 5.93. The Morgan fingerprint density at radius 2 is 1.81 bits per heavy atom. The molecule has 0 aliphatic rings. The topological polar surface area (TPSA) is 101 Å². The van der Waals surface area contributed by atoms with E-state index in [4.69, 9.17) is 23.4 Å². The molecular formula is C23H22O8. The molecule has 0 aliphatic heterocycles. The van der Waals surface area contributed by atoms with Crippen LogP contribution in [0.15, 0.2) is 57.7 Å². The molecule has 0 saturated heterocycles. The molecule has 3 rings (SSSR count). The maximum absolute atomic E-state index is 12.1. The van der Waals surface area contributed by atoms with Gasteiger partial charge in [-0.15, -0.1) is 0 Å². The molecule has 2 aromatic carbocycles. The number of esters is 2. The molecule has 0 atom stereocenters. The van der Waals surface area contributed by atoms with Crippen molar-refractivity contribution in [1.82, 2.24) is 0 Å². The summed E-state index contributed by atoms with van der Waals surface area (Å²) in [4.78, 5) is 35.9. The van der Waals surface area contributed by atoms with Gasteiger partial charge < -0.3 is 23.4 Å². The number of hydrogen-bond donors (Lipinski definition) is 0. The highest BCUT2D eigenvalue weighted by atomic mass is 16.5. The molecule has 8 heteroatoms. The van der Waals surface area contributed by atoms with Gasteiger partial charge in [0.25, 0.3) is 0 Å². The van der Waals surface area contributed by atoms with Crippen LogP contribution in [0.25, 0.3) is 11.0 Å². The van der Waals surface area contributed by atoms with Crippen LogP contribution in [0.1, 0.15) is 30.1 Å². The third kappa shape index (κ3) is 5.63. The van der Waals surface area contributed by atoms with Crippen molar-refractivity contribution in [3.8, 4) is 17.2 Å². The SMILES string of the molecule is CCOC(=O)c1cc2ccc(OC(=O)CCCOc3ccccc3OC)cc2oc1=O. The number of benzene rings is 2.